The van der Waals surface area contributed by atoms with Crippen LogP contribution in [0.2, 0.25) is 0 Å². The number of likely N-dealkylation sites (tertiary alicyclic amines) is 1. The third-order valence-corrected chi connectivity index (χ3v) is 3.95. The van der Waals surface area contributed by atoms with Crippen molar-refractivity contribution in [3.8, 4) is 0 Å². The topological polar surface area (TPSA) is 29.5 Å². The van der Waals surface area contributed by atoms with Gasteiger partial charge in [0.1, 0.15) is 0 Å². The third-order valence-electron chi connectivity index (χ3n) is 3.13. The van der Waals surface area contributed by atoms with Crippen molar-refractivity contribution in [2.45, 2.75) is 51.4 Å². The average Bonchev–Trinajstić information content (AvgIpc) is 2.34. The van der Waals surface area contributed by atoms with Gasteiger partial charge in [0, 0.05) is 19.7 Å². The Morgan fingerprint density at radius 2 is 2.24 bits per heavy atom. The molecule has 2 atom stereocenters. The molecule has 1 fully saturated rings. The molecule has 2 unspecified atom stereocenters. The molecule has 0 aromatic heterocycles. The molecule has 1 rings (SSSR count). The lowest BCUT2D eigenvalue weighted by atomic mass is 10.0. The lowest BCUT2D eigenvalue weighted by Gasteiger charge is -2.34. The van der Waals surface area contributed by atoms with Crippen molar-refractivity contribution >= 4 is 18.5 Å². The molecular weight excluding hydrogens is 234 g/mol. The zero-order valence-corrected chi connectivity index (χ0v) is 12.1. The average molecular weight is 259 g/mol. The van der Waals surface area contributed by atoms with E-state index in [4.69, 9.17) is 4.74 Å². The number of hydrogen-bond donors (Lipinski definition) is 1. The van der Waals surface area contributed by atoms with E-state index >= 15 is 0 Å². The van der Waals surface area contributed by atoms with Crippen molar-refractivity contribution in [3.63, 3.8) is 0 Å². The van der Waals surface area contributed by atoms with Crippen LogP contribution in [0.5, 0.6) is 0 Å². The minimum Gasteiger partial charge on any atom is -0.376 e. The van der Waals surface area contributed by atoms with E-state index in [1.54, 1.807) is 0 Å². The predicted molar refractivity (Wildman–Crippen MR) is 73.5 cm³/mol. The van der Waals surface area contributed by atoms with E-state index in [9.17, 15) is 4.79 Å². The van der Waals surface area contributed by atoms with E-state index in [1.807, 2.05) is 18.7 Å². The molecule has 0 aliphatic carbocycles. The Labute approximate surface area is 110 Å². The second-order valence-electron chi connectivity index (χ2n) is 5.11. The smallest absolute Gasteiger partial charge is 0.235 e. The molecule has 0 spiro atoms. The molecule has 0 aromatic rings. The van der Waals surface area contributed by atoms with Crippen molar-refractivity contribution in [1.82, 2.24) is 4.90 Å². The molecule has 0 saturated carbocycles. The molecule has 1 aliphatic heterocycles. The fourth-order valence-electron chi connectivity index (χ4n) is 2.03. The maximum Gasteiger partial charge on any atom is 0.235 e. The van der Waals surface area contributed by atoms with Gasteiger partial charge >= 0.3 is 0 Å². The Balaban J connectivity index is 2.45. The summed E-state index contributed by atoms with van der Waals surface area (Å²) in [7, 11) is 0. The van der Waals surface area contributed by atoms with E-state index < -0.39 is 0 Å². The number of piperidine rings is 1. The predicted octanol–water partition coefficient (Wildman–Crippen LogP) is 2.36. The second kappa shape index (κ2) is 7.27. The van der Waals surface area contributed by atoms with Crippen LogP contribution >= 0.6 is 12.6 Å². The molecule has 0 N–H and O–H groups in total. The first kappa shape index (κ1) is 14.8. The summed E-state index contributed by atoms with van der Waals surface area (Å²) in [5.41, 5.74) is 0. The SMILES string of the molecule is CCCOC1CCCN(C(=O)C(S)C(C)C)C1. The number of ether oxygens (including phenoxy) is 1. The second-order valence-corrected chi connectivity index (χ2v) is 5.66. The number of hydrogen-bond acceptors (Lipinski definition) is 3. The van der Waals surface area contributed by atoms with Gasteiger partial charge in [-0.2, -0.15) is 12.6 Å². The first-order valence-electron chi connectivity index (χ1n) is 6.64. The molecule has 0 radical (unpaired) electrons. The van der Waals surface area contributed by atoms with Crippen molar-refractivity contribution in [3.05, 3.63) is 0 Å². The van der Waals surface area contributed by atoms with Crippen molar-refractivity contribution < 1.29 is 9.53 Å². The highest BCUT2D eigenvalue weighted by Crippen LogP contribution is 2.18. The first-order valence-corrected chi connectivity index (χ1v) is 7.16. The van der Waals surface area contributed by atoms with Crippen LogP contribution in [0.3, 0.4) is 0 Å². The largest absolute Gasteiger partial charge is 0.376 e. The van der Waals surface area contributed by atoms with Crippen molar-refractivity contribution in [1.29, 1.82) is 0 Å². The Morgan fingerprint density at radius 3 is 2.82 bits per heavy atom. The number of amides is 1. The summed E-state index contributed by atoms with van der Waals surface area (Å²) in [4.78, 5) is 14.1. The molecule has 0 aromatic carbocycles. The van der Waals surface area contributed by atoms with Crippen LogP contribution in [0.4, 0.5) is 0 Å². The lowest BCUT2D eigenvalue weighted by molar-refractivity contribution is -0.135. The maximum atomic E-state index is 12.2. The van der Waals surface area contributed by atoms with Crippen molar-refractivity contribution in [2.24, 2.45) is 5.92 Å². The normalized spacial score (nSPS) is 22.9. The van der Waals surface area contributed by atoms with Gasteiger partial charge in [-0.05, 0) is 25.2 Å². The first-order chi connectivity index (χ1) is 8.06. The van der Waals surface area contributed by atoms with Gasteiger partial charge in [-0.1, -0.05) is 20.8 Å². The van der Waals surface area contributed by atoms with Gasteiger partial charge in [0.15, 0.2) is 0 Å². The summed E-state index contributed by atoms with van der Waals surface area (Å²) in [6.07, 6.45) is 3.37. The van der Waals surface area contributed by atoms with Crippen LogP contribution in [0.1, 0.15) is 40.0 Å². The minimum absolute atomic E-state index is 0.160. The van der Waals surface area contributed by atoms with E-state index in [2.05, 4.69) is 19.6 Å². The Bertz CT molecular complexity index is 246. The Kier molecular flexibility index (Phi) is 6.34. The van der Waals surface area contributed by atoms with Gasteiger partial charge in [0.25, 0.3) is 0 Å². The van der Waals surface area contributed by atoms with Gasteiger partial charge in [-0.3, -0.25) is 4.79 Å². The Hall–Kier alpha value is -0.220. The molecule has 100 valence electrons. The molecule has 1 heterocycles. The summed E-state index contributed by atoms with van der Waals surface area (Å²) < 4.78 is 5.73. The van der Waals surface area contributed by atoms with Crippen molar-refractivity contribution in [2.75, 3.05) is 19.7 Å². The highest BCUT2D eigenvalue weighted by molar-refractivity contribution is 7.81. The zero-order chi connectivity index (χ0) is 12.8. The summed E-state index contributed by atoms with van der Waals surface area (Å²) in [5.74, 6) is 0.441. The maximum absolute atomic E-state index is 12.2. The van der Waals surface area contributed by atoms with Crippen LogP contribution in [-0.2, 0) is 9.53 Å². The number of carbonyl (C=O) groups is 1. The molecule has 1 saturated heterocycles. The van der Waals surface area contributed by atoms with Gasteiger partial charge in [-0.15, -0.1) is 0 Å². The summed E-state index contributed by atoms with van der Waals surface area (Å²) >= 11 is 4.40. The van der Waals surface area contributed by atoms with E-state index in [1.165, 1.54) is 0 Å². The molecule has 4 heteroatoms. The summed E-state index contributed by atoms with van der Waals surface area (Å²) in [6.45, 7) is 8.56. The fourth-order valence-corrected chi connectivity index (χ4v) is 2.19. The lowest BCUT2D eigenvalue weighted by Crippen LogP contribution is -2.47. The third kappa shape index (κ3) is 4.51. The van der Waals surface area contributed by atoms with Crippen LogP contribution in [0.25, 0.3) is 0 Å². The molecular formula is C13H25NO2S. The number of rotatable bonds is 5. The molecule has 3 nitrogen and oxygen atoms in total. The number of carbonyl (C=O) groups excluding carboxylic acids is 1. The Morgan fingerprint density at radius 1 is 1.53 bits per heavy atom. The van der Waals surface area contributed by atoms with Gasteiger partial charge < -0.3 is 9.64 Å². The van der Waals surface area contributed by atoms with Gasteiger partial charge in [-0.25, -0.2) is 0 Å². The molecule has 0 bridgehead atoms. The van der Waals surface area contributed by atoms with Crippen LogP contribution in [0.15, 0.2) is 0 Å². The highest BCUT2D eigenvalue weighted by atomic mass is 32.1. The number of thiol groups is 1. The number of nitrogens with zero attached hydrogens (tertiary/aromatic N) is 1. The minimum atomic E-state index is -0.181. The molecule has 17 heavy (non-hydrogen) atoms. The van der Waals surface area contributed by atoms with Gasteiger partial charge in [0.05, 0.1) is 11.4 Å². The van der Waals surface area contributed by atoms with E-state index in [0.717, 1.165) is 39.0 Å². The van der Waals surface area contributed by atoms with Crippen LogP contribution in [-0.4, -0.2) is 41.9 Å². The zero-order valence-electron chi connectivity index (χ0n) is 11.2. The van der Waals surface area contributed by atoms with Gasteiger partial charge in [0.2, 0.25) is 5.91 Å². The van der Waals surface area contributed by atoms with Crippen LogP contribution in [0, 0.1) is 5.92 Å². The van der Waals surface area contributed by atoms with Crippen LogP contribution < -0.4 is 0 Å². The standard InChI is InChI=1S/C13H25NO2S/c1-4-8-16-11-6-5-7-14(9-11)13(15)12(17)10(2)3/h10-12,17H,4-9H2,1-3H3. The molecule has 1 amide bonds. The van der Waals surface area contributed by atoms with E-state index in [-0.39, 0.29) is 23.2 Å². The highest BCUT2D eigenvalue weighted by Gasteiger charge is 2.28. The quantitative estimate of drug-likeness (QED) is 0.768. The monoisotopic (exact) mass is 259 g/mol. The fraction of sp³-hybridized carbons (Fsp3) is 0.923. The summed E-state index contributed by atoms with van der Waals surface area (Å²) in [5, 5.41) is -0.181. The van der Waals surface area contributed by atoms with E-state index in [0.29, 0.717) is 0 Å². The summed E-state index contributed by atoms with van der Waals surface area (Å²) in [6, 6.07) is 0. The molecule has 1 aliphatic rings.